The fraction of sp³-hybridized carbons (Fsp3) is 0.538. The van der Waals surface area contributed by atoms with E-state index in [1.54, 1.807) is 0 Å². The first-order valence-electron chi connectivity index (χ1n) is 12.8. The van der Waals surface area contributed by atoms with Crippen LogP contribution < -0.4 is 5.32 Å². The Morgan fingerprint density at radius 1 is 1.10 bits per heavy atom. The van der Waals surface area contributed by atoms with Gasteiger partial charge in [-0.05, 0) is 31.4 Å². The number of hydrogen-bond donors (Lipinski definition) is 2. The zero-order valence-electron chi connectivity index (χ0n) is 21.0. The van der Waals surface area contributed by atoms with Crippen molar-refractivity contribution in [1.29, 1.82) is 0 Å². The van der Waals surface area contributed by atoms with Crippen LogP contribution in [-0.4, -0.2) is 62.6 Å². The van der Waals surface area contributed by atoms with Crippen molar-refractivity contribution in [3.8, 4) is 11.3 Å². The molecule has 1 aromatic heterocycles. The predicted molar refractivity (Wildman–Crippen MR) is 129 cm³/mol. The number of likely N-dealkylation sites (tertiary alicyclic amines) is 1. The first-order valence-corrected chi connectivity index (χ1v) is 12.8. The molecule has 0 spiro atoms. The van der Waals surface area contributed by atoms with Crippen LogP contribution in [0.2, 0.25) is 0 Å². The van der Waals surface area contributed by atoms with Gasteiger partial charge in [-0.1, -0.05) is 31.0 Å². The summed E-state index contributed by atoms with van der Waals surface area (Å²) in [6.07, 6.45) is -3.06. The van der Waals surface area contributed by atoms with Gasteiger partial charge in [-0.3, -0.25) is 19.1 Å². The van der Waals surface area contributed by atoms with E-state index >= 15 is 0 Å². The SMILES string of the molecule is O=C(O)C[C@H](CC(=O)N1CCCC(F)(F)C1)NC(=O)c1cc(-c2ccccc2C(F)(F)F)n(C2CCCC2)n1. The number of rotatable bonds is 8. The Morgan fingerprint density at radius 3 is 2.44 bits per heavy atom. The highest BCUT2D eigenvalue weighted by molar-refractivity contribution is 5.94. The molecule has 0 bridgehead atoms. The number of carbonyl (C=O) groups excluding carboxylic acids is 2. The molecule has 2 aromatic rings. The smallest absolute Gasteiger partial charge is 0.417 e. The second-order valence-electron chi connectivity index (χ2n) is 10.1. The van der Waals surface area contributed by atoms with Crippen LogP contribution in [0.25, 0.3) is 11.3 Å². The number of piperidine rings is 1. The maximum atomic E-state index is 13.8. The number of nitrogens with one attached hydrogen (secondary N) is 1. The van der Waals surface area contributed by atoms with E-state index < -0.39 is 60.9 Å². The third kappa shape index (κ3) is 6.93. The summed E-state index contributed by atoms with van der Waals surface area (Å²) in [4.78, 5) is 38.2. The van der Waals surface area contributed by atoms with E-state index in [0.717, 1.165) is 23.8 Å². The van der Waals surface area contributed by atoms with Crippen LogP contribution in [0.4, 0.5) is 22.0 Å². The molecule has 2 amide bonds. The molecule has 4 rings (SSSR count). The maximum absolute atomic E-state index is 13.8. The van der Waals surface area contributed by atoms with Crippen LogP contribution in [0, 0.1) is 0 Å². The number of alkyl halides is 5. The molecule has 1 aliphatic carbocycles. The van der Waals surface area contributed by atoms with Crippen LogP contribution in [0.5, 0.6) is 0 Å². The zero-order valence-corrected chi connectivity index (χ0v) is 21.0. The summed E-state index contributed by atoms with van der Waals surface area (Å²) in [7, 11) is 0. The molecule has 8 nitrogen and oxygen atoms in total. The summed E-state index contributed by atoms with van der Waals surface area (Å²) in [5, 5.41) is 16.0. The Labute approximate surface area is 221 Å². The molecule has 2 heterocycles. The lowest BCUT2D eigenvalue weighted by atomic mass is 10.0. The third-order valence-corrected chi connectivity index (χ3v) is 7.07. The highest BCUT2D eigenvalue weighted by Crippen LogP contribution is 2.40. The summed E-state index contributed by atoms with van der Waals surface area (Å²) in [5.74, 6) is -5.97. The first kappa shape index (κ1) is 28.5. The number of aromatic nitrogens is 2. The molecule has 1 aliphatic heterocycles. The van der Waals surface area contributed by atoms with Gasteiger partial charge in [-0.15, -0.1) is 0 Å². The fourth-order valence-corrected chi connectivity index (χ4v) is 5.25. The van der Waals surface area contributed by atoms with Crippen molar-refractivity contribution in [1.82, 2.24) is 20.0 Å². The van der Waals surface area contributed by atoms with Crippen LogP contribution in [-0.2, 0) is 15.8 Å². The van der Waals surface area contributed by atoms with E-state index in [9.17, 15) is 41.4 Å². The molecule has 0 radical (unpaired) electrons. The van der Waals surface area contributed by atoms with E-state index in [0.29, 0.717) is 12.8 Å². The highest BCUT2D eigenvalue weighted by atomic mass is 19.4. The van der Waals surface area contributed by atoms with Gasteiger partial charge in [0.15, 0.2) is 5.69 Å². The Morgan fingerprint density at radius 2 is 1.79 bits per heavy atom. The van der Waals surface area contributed by atoms with Gasteiger partial charge in [0.05, 0.1) is 30.3 Å². The molecule has 1 saturated heterocycles. The van der Waals surface area contributed by atoms with Crippen molar-refractivity contribution in [2.45, 2.75) is 75.5 Å². The summed E-state index contributed by atoms with van der Waals surface area (Å²) >= 11 is 0. The topological polar surface area (TPSA) is 105 Å². The molecule has 2 aliphatic rings. The zero-order chi connectivity index (χ0) is 28.4. The minimum atomic E-state index is -4.65. The van der Waals surface area contributed by atoms with E-state index in [2.05, 4.69) is 10.4 Å². The molecule has 1 saturated carbocycles. The Balaban J connectivity index is 1.60. The standard InChI is InChI=1S/C26H29F5N4O4/c27-25(28)10-5-11-34(15-25)22(36)12-16(13-23(37)38)32-24(39)20-14-21(35(33-20)17-6-1-2-7-17)18-8-3-4-9-19(18)26(29,30)31/h3-4,8-9,14,16-17H,1-2,5-7,10-13,15H2,(H,32,39)(H,37,38)/t16-/m0/s1. The molecular formula is C26H29F5N4O4. The lowest BCUT2D eigenvalue weighted by Crippen LogP contribution is -2.48. The van der Waals surface area contributed by atoms with Crippen molar-refractivity contribution in [3.63, 3.8) is 0 Å². The van der Waals surface area contributed by atoms with Crippen molar-refractivity contribution < 1.29 is 41.4 Å². The number of halogens is 5. The maximum Gasteiger partial charge on any atom is 0.417 e. The van der Waals surface area contributed by atoms with Crippen LogP contribution in [0.1, 0.15) is 73.5 Å². The number of carbonyl (C=O) groups is 3. The van der Waals surface area contributed by atoms with Gasteiger partial charge in [0.25, 0.3) is 11.8 Å². The van der Waals surface area contributed by atoms with Gasteiger partial charge in [-0.2, -0.15) is 18.3 Å². The van der Waals surface area contributed by atoms with Gasteiger partial charge < -0.3 is 15.3 Å². The van der Waals surface area contributed by atoms with E-state index in [-0.39, 0.29) is 42.4 Å². The average Bonchev–Trinajstić information content (AvgIpc) is 3.52. The second kappa shape index (κ2) is 11.3. The van der Waals surface area contributed by atoms with Gasteiger partial charge >= 0.3 is 12.1 Å². The van der Waals surface area contributed by atoms with Crippen molar-refractivity contribution in [3.05, 3.63) is 41.6 Å². The average molecular weight is 557 g/mol. The number of hydrogen-bond acceptors (Lipinski definition) is 4. The highest BCUT2D eigenvalue weighted by Gasteiger charge is 2.38. The summed E-state index contributed by atoms with van der Waals surface area (Å²) in [6.45, 7) is -0.691. The van der Waals surface area contributed by atoms with Crippen molar-refractivity contribution >= 4 is 17.8 Å². The molecule has 1 aromatic carbocycles. The van der Waals surface area contributed by atoms with Gasteiger partial charge in [0.2, 0.25) is 5.91 Å². The number of nitrogens with zero attached hydrogens (tertiary/aromatic N) is 3. The van der Waals surface area contributed by atoms with Crippen LogP contribution in [0.15, 0.2) is 30.3 Å². The van der Waals surface area contributed by atoms with Crippen molar-refractivity contribution in [2.75, 3.05) is 13.1 Å². The van der Waals surface area contributed by atoms with Crippen molar-refractivity contribution in [2.24, 2.45) is 0 Å². The number of aliphatic carboxylic acids is 1. The fourth-order valence-electron chi connectivity index (χ4n) is 5.25. The molecule has 212 valence electrons. The molecular weight excluding hydrogens is 527 g/mol. The van der Waals surface area contributed by atoms with E-state index in [1.165, 1.54) is 28.9 Å². The van der Waals surface area contributed by atoms with Crippen LogP contribution >= 0.6 is 0 Å². The molecule has 2 fully saturated rings. The van der Waals surface area contributed by atoms with E-state index in [4.69, 9.17) is 0 Å². The summed E-state index contributed by atoms with van der Waals surface area (Å²) in [6, 6.07) is 4.73. The predicted octanol–water partition coefficient (Wildman–Crippen LogP) is 4.90. The number of amides is 2. The molecule has 0 unspecified atom stereocenters. The molecule has 2 N–H and O–H groups in total. The quantitative estimate of drug-likeness (QED) is 0.450. The minimum absolute atomic E-state index is 0.0927. The largest absolute Gasteiger partial charge is 0.481 e. The Bertz CT molecular complexity index is 1220. The Hall–Kier alpha value is -3.51. The number of benzene rings is 1. The van der Waals surface area contributed by atoms with Gasteiger partial charge in [-0.25, -0.2) is 8.78 Å². The lowest BCUT2D eigenvalue weighted by Gasteiger charge is -2.33. The van der Waals surface area contributed by atoms with Crippen LogP contribution in [0.3, 0.4) is 0 Å². The van der Waals surface area contributed by atoms with E-state index in [1.807, 2.05) is 0 Å². The monoisotopic (exact) mass is 556 g/mol. The Kier molecular flexibility index (Phi) is 8.26. The molecule has 1 atom stereocenters. The number of carboxylic acid groups (broad SMARTS) is 1. The lowest BCUT2D eigenvalue weighted by molar-refractivity contribution is -0.143. The summed E-state index contributed by atoms with van der Waals surface area (Å²) < 4.78 is 70.3. The van der Waals surface area contributed by atoms with Gasteiger partial charge in [0, 0.05) is 31.0 Å². The minimum Gasteiger partial charge on any atom is -0.481 e. The molecule has 39 heavy (non-hydrogen) atoms. The number of carboxylic acids is 1. The summed E-state index contributed by atoms with van der Waals surface area (Å²) in [5.41, 5.74) is -1.17. The molecule has 13 heteroatoms. The third-order valence-electron chi connectivity index (χ3n) is 7.07. The second-order valence-corrected chi connectivity index (χ2v) is 10.1. The van der Waals surface area contributed by atoms with Gasteiger partial charge in [0.1, 0.15) is 0 Å². The normalized spacial score (nSPS) is 18.6. The first-order chi connectivity index (χ1) is 18.3.